The first kappa shape index (κ1) is 8.44. The smallest absolute Gasteiger partial charge is 0.137 e. The van der Waals surface area contributed by atoms with E-state index in [1.54, 1.807) is 11.0 Å². The maximum Gasteiger partial charge on any atom is 0.137 e. The van der Waals surface area contributed by atoms with Crippen LogP contribution in [-0.2, 0) is 6.54 Å². The molecule has 0 saturated carbocycles. The topological polar surface area (TPSA) is 30.7 Å². The summed E-state index contributed by atoms with van der Waals surface area (Å²) in [7, 11) is 0. The normalized spacial score (nSPS) is 10.2. The molecule has 1 aromatic heterocycles. The molecule has 2 aromatic rings. The van der Waals surface area contributed by atoms with Crippen LogP contribution in [0.5, 0.6) is 0 Å². The van der Waals surface area contributed by atoms with Gasteiger partial charge in [0.2, 0.25) is 0 Å². The lowest BCUT2D eigenvalue weighted by Gasteiger charge is -2.00. The maximum absolute atomic E-state index is 4.03. The van der Waals surface area contributed by atoms with Crippen molar-refractivity contribution in [1.29, 1.82) is 0 Å². The van der Waals surface area contributed by atoms with Crippen LogP contribution in [0.15, 0.2) is 41.4 Å². The van der Waals surface area contributed by atoms with Crippen LogP contribution in [0.25, 0.3) is 0 Å². The van der Waals surface area contributed by atoms with E-state index in [0.717, 1.165) is 11.0 Å². The van der Waals surface area contributed by atoms with E-state index in [2.05, 4.69) is 38.1 Å². The third-order valence-corrected chi connectivity index (χ3v) is 2.19. The van der Waals surface area contributed by atoms with Gasteiger partial charge in [0.1, 0.15) is 12.7 Å². The molecular formula is C9H8BrN3. The van der Waals surface area contributed by atoms with Crippen molar-refractivity contribution in [2.75, 3.05) is 0 Å². The molecule has 0 atom stereocenters. The highest BCUT2D eigenvalue weighted by atomic mass is 79.9. The lowest BCUT2D eigenvalue weighted by Crippen LogP contribution is -1.99. The van der Waals surface area contributed by atoms with Gasteiger partial charge in [-0.05, 0) is 17.7 Å². The molecule has 0 aliphatic heterocycles. The zero-order valence-corrected chi connectivity index (χ0v) is 8.48. The summed E-state index contributed by atoms with van der Waals surface area (Å²) in [4.78, 5) is 3.88. The van der Waals surface area contributed by atoms with Crippen LogP contribution in [0.3, 0.4) is 0 Å². The van der Waals surface area contributed by atoms with Gasteiger partial charge < -0.3 is 0 Å². The molecule has 4 heteroatoms. The van der Waals surface area contributed by atoms with Crippen molar-refractivity contribution in [1.82, 2.24) is 14.8 Å². The van der Waals surface area contributed by atoms with Crippen LogP contribution in [-0.4, -0.2) is 14.8 Å². The summed E-state index contributed by atoms with van der Waals surface area (Å²) in [5.41, 5.74) is 1.21. The standard InChI is InChI=1S/C9H8BrN3/c10-9-3-1-2-8(4-9)5-13-7-11-6-12-13/h1-4,6-7H,5H2. The minimum atomic E-state index is 0.763. The first-order valence-corrected chi connectivity index (χ1v) is 4.71. The van der Waals surface area contributed by atoms with E-state index in [0.29, 0.717) is 0 Å². The lowest BCUT2D eigenvalue weighted by atomic mass is 10.2. The molecule has 0 radical (unpaired) electrons. The second kappa shape index (κ2) is 3.70. The molecule has 66 valence electrons. The largest absolute Gasteiger partial charge is 0.249 e. The van der Waals surface area contributed by atoms with Crippen molar-refractivity contribution in [2.24, 2.45) is 0 Å². The zero-order valence-electron chi connectivity index (χ0n) is 6.89. The summed E-state index contributed by atoms with van der Waals surface area (Å²) >= 11 is 3.42. The molecule has 0 aliphatic rings. The van der Waals surface area contributed by atoms with E-state index in [-0.39, 0.29) is 0 Å². The van der Waals surface area contributed by atoms with Gasteiger partial charge >= 0.3 is 0 Å². The van der Waals surface area contributed by atoms with Gasteiger partial charge in [0.15, 0.2) is 0 Å². The fraction of sp³-hybridized carbons (Fsp3) is 0.111. The van der Waals surface area contributed by atoms with Crippen LogP contribution in [0, 0.1) is 0 Å². The molecule has 1 heterocycles. The van der Waals surface area contributed by atoms with Gasteiger partial charge in [-0.25, -0.2) is 9.67 Å². The highest BCUT2D eigenvalue weighted by Crippen LogP contribution is 2.11. The number of hydrogen-bond donors (Lipinski definition) is 0. The fourth-order valence-electron chi connectivity index (χ4n) is 1.14. The summed E-state index contributed by atoms with van der Waals surface area (Å²) in [6.45, 7) is 0.763. The highest BCUT2D eigenvalue weighted by Gasteiger charge is 1.95. The van der Waals surface area contributed by atoms with Crippen molar-refractivity contribution < 1.29 is 0 Å². The molecule has 2 rings (SSSR count). The molecular weight excluding hydrogens is 230 g/mol. The predicted molar refractivity (Wildman–Crippen MR) is 53.3 cm³/mol. The summed E-state index contributed by atoms with van der Waals surface area (Å²) in [6, 6.07) is 8.15. The van der Waals surface area contributed by atoms with Gasteiger partial charge in [-0.2, -0.15) is 5.10 Å². The Morgan fingerprint density at radius 2 is 2.31 bits per heavy atom. The van der Waals surface area contributed by atoms with Gasteiger partial charge in [-0.1, -0.05) is 28.1 Å². The Labute approximate surface area is 84.5 Å². The predicted octanol–water partition coefficient (Wildman–Crippen LogP) is 2.09. The average Bonchev–Trinajstić information content (AvgIpc) is 2.57. The third kappa shape index (κ3) is 2.15. The van der Waals surface area contributed by atoms with E-state index in [9.17, 15) is 0 Å². The fourth-order valence-corrected chi connectivity index (χ4v) is 1.58. The second-order valence-electron chi connectivity index (χ2n) is 2.72. The average molecular weight is 238 g/mol. The number of halogens is 1. The summed E-state index contributed by atoms with van der Waals surface area (Å²) < 4.78 is 2.88. The third-order valence-electron chi connectivity index (χ3n) is 1.70. The number of hydrogen-bond acceptors (Lipinski definition) is 2. The Balaban J connectivity index is 2.19. The van der Waals surface area contributed by atoms with Crippen molar-refractivity contribution in [3.8, 4) is 0 Å². The molecule has 0 aliphatic carbocycles. The Morgan fingerprint density at radius 1 is 1.38 bits per heavy atom. The molecule has 0 unspecified atom stereocenters. The molecule has 0 spiro atoms. The zero-order chi connectivity index (χ0) is 9.10. The minimum Gasteiger partial charge on any atom is -0.249 e. The maximum atomic E-state index is 4.03. The van der Waals surface area contributed by atoms with E-state index in [1.807, 2.05) is 12.1 Å². The van der Waals surface area contributed by atoms with E-state index in [4.69, 9.17) is 0 Å². The molecule has 0 amide bonds. The monoisotopic (exact) mass is 237 g/mol. The lowest BCUT2D eigenvalue weighted by molar-refractivity contribution is 0.684. The minimum absolute atomic E-state index is 0.763. The molecule has 0 saturated heterocycles. The molecule has 1 aromatic carbocycles. The van der Waals surface area contributed by atoms with E-state index in [1.165, 1.54) is 11.9 Å². The first-order chi connectivity index (χ1) is 6.34. The van der Waals surface area contributed by atoms with Crippen LogP contribution in [0.2, 0.25) is 0 Å². The van der Waals surface area contributed by atoms with Crippen molar-refractivity contribution in [3.63, 3.8) is 0 Å². The van der Waals surface area contributed by atoms with Crippen LogP contribution in [0.1, 0.15) is 5.56 Å². The second-order valence-corrected chi connectivity index (χ2v) is 3.64. The van der Waals surface area contributed by atoms with Gasteiger partial charge in [-0.15, -0.1) is 0 Å². The molecule has 0 N–H and O–H groups in total. The quantitative estimate of drug-likeness (QED) is 0.801. The molecule has 0 fully saturated rings. The van der Waals surface area contributed by atoms with Crippen LogP contribution < -0.4 is 0 Å². The van der Waals surface area contributed by atoms with E-state index < -0.39 is 0 Å². The molecule has 0 bridgehead atoms. The number of aromatic nitrogens is 3. The molecule has 3 nitrogen and oxygen atoms in total. The summed E-state index contributed by atoms with van der Waals surface area (Å²) in [5, 5.41) is 4.03. The Morgan fingerprint density at radius 3 is 3.00 bits per heavy atom. The van der Waals surface area contributed by atoms with Gasteiger partial charge in [0.25, 0.3) is 0 Å². The van der Waals surface area contributed by atoms with Crippen LogP contribution in [0.4, 0.5) is 0 Å². The Kier molecular flexibility index (Phi) is 2.40. The van der Waals surface area contributed by atoms with Gasteiger partial charge in [0, 0.05) is 4.47 Å². The van der Waals surface area contributed by atoms with Crippen molar-refractivity contribution >= 4 is 15.9 Å². The summed E-state index contributed by atoms with van der Waals surface area (Å²) in [5.74, 6) is 0. The Bertz CT molecular complexity index is 384. The highest BCUT2D eigenvalue weighted by molar-refractivity contribution is 9.10. The van der Waals surface area contributed by atoms with Crippen molar-refractivity contribution in [2.45, 2.75) is 6.54 Å². The molecule has 13 heavy (non-hydrogen) atoms. The van der Waals surface area contributed by atoms with Crippen LogP contribution >= 0.6 is 15.9 Å². The summed E-state index contributed by atoms with van der Waals surface area (Å²) in [6.07, 6.45) is 3.25. The van der Waals surface area contributed by atoms with E-state index >= 15 is 0 Å². The van der Waals surface area contributed by atoms with Gasteiger partial charge in [-0.3, -0.25) is 0 Å². The number of rotatable bonds is 2. The number of benzene rings is 1. The van der Waals surface area contributed by atoms with Gasteiger partial charge in [0.05, 0.1) is 6.54 Å². The first-order valence-electron chi connectivity index (χ1n) is 3.91. The number of nitrogens with zero attached hydrogens (tertiary/aromatic N) is 3. The SMILES string of the molecule is Brc1cccc(Cn2cncn2)c1. The van der Waals surface area contributed by atoms with Crippen molar-refractivity contribution in [3.05, 3.63) is 47.0 Å². The Hall–Kier alpha value is -1.16.